The zero-order chi connectivity index (χ0) is 16.7. The molecule has 0 fully saturated rings. The number of ether oxygens (including phenoxy) is 1. The number of alkyl carbamates (subject to hydrolysis) is 1. The Morgan fingerprint density at radius 2 is 2.13 bits per heavy atom. The average Bonchev–Trinajstić information content (AvgIpc) is 2.83. The van der Waals surface area contributed by atoms with Gasteiger partial charge in [0.05, 0.1) is 23.8 Å². The van der Waals surface area contributed by atoms with Crippen LogP contribution in [0.3, 0.4) is 0 Å². The van der Waals surface area contributed by atoms with Crippen molar-refractivity contribution >= 4 is 29.6 Å². The van der Waals surface area contributed by atoms with Crippen molar-refractivity contribution in [3.63, 3.8) is 0 Å². The van der Waals surface area contributed by atoms with Gasteiger partial charge in [0.2, 0.25) is 5.66 Å². The van der Waals surface area contributed by atoms with Crippen LogP contribution in [0.1, 0.15) is 26.6 Å². The van der Waals surface area contributed by atoms with Crippen molar-refractivity contribution in [1.82, 2.24) is 14.9 Å². The predicted molar refractivity (Wildman–Crippen MR) is 85.5 cm³/mol. The Morgan fingerprint density at radius 3 is 2.83 bits per heavy atom. The number of nitrogens with one attached hydrogen (secondary N) is 1. The van der Waals surface area contributed by atoms with E-state index in [1.54, 1.807) is 20.8 Å². The molecule has 0 bridgehead atoms. The van der Waals surface area contributed by atoms with E-state index in [0.29, 0.717) is 12.1 Å². The van der Waals surface area contributed by atoms with E-state index in [4.69, 9.17) is 4.74 Å². The third-order valence-corrected chi connectivity index (χ3v) is 3.41. The molecule has 1 aromatic heterocycles. The van der Waals surface area contributed by atoms with Crippen molar-refractivity contribution in [2.75, 3.05) is 0 Å². The molecule has 2 aromatic rings. The molecule has 1 aliphatic heterocycles. The fraction of sp³-hybridized carbons (Fsp3) is 0.375. The summed E-state index contributed by atoms with van der Waals surface area (Å²) in [6.07, 6.45) is 1.43. The van der Waals surface area contributed by atoms with Gasteiger partial charge in [0.25, 0.3) is 0 Å². The Labute approximate surface area is 133 Å². The normalized spacial score (nSPS) is 20.1. The van der Waals surface area contributed by atoms with Crippen LogP contribution in [0.5, 0.6) is 0 Å². The third-order valence-electron chi connectivity index (χ3n) is 3.41. The summed E-state index contributed by atoms with van der Waals surface area (Å²) in [5, 5.41) is 2.56. The highest BCUT2D eigenvalue weighted by atomic mass is 16.6. The summed E-state index contributed by atoms with van der Waals surface area (Å²) in [4.78, 5) is 32.3. The van der Waals surface area contributed by atoms with Crippen molar-refractivity contribution in [3.05, 3.63) is 30.1 Å². The minimum Gasteiger partial charge on any atom is -0.444 e. The van der Waals surface area contributed by atoms with Crippen LogP contribution in [0.4, 0.5) is 4.79 Å². The highest BCUT2D eigenvalue weighted by molar-refractivity contribution is 5.89. The fourth-order valence-corrected chi connectivity index (χ4v) is 2.46. The van der Waals surface area contributed by atoms with Crippen molar-refractivity contribution in [3.8, 4) is 0 Å². The molecule has 1 amide bonds. The van der Waals surface area contributed by atoms with Gasteiger partial charge in [-0.1, -0.05) is 12.1 Å². The number of carbonyl (C=O) groups is 2. The number of rotatable bonds is 2. The molecule has 1 atom stereocenters. The first-order chi connectivity index (χ1) is 10.8. The van der Waals surface area contributed by atoms with E-state index < -0.39 is 17.4 Å². The molecule has 23 heavy (non-hydrogen) atoms. The molecule has 1 unspecified atom stereocenters. The molecule has 7 nitrogen and oxygen atoms in total. The molecule has 0 saturated carbocycles. The molecule has 2 heterocycles. The van der Waals surface area contributed by atoms with Crippen molar-refractivity contribution in [1.29, 1.82) is 0 Å². The first-order valence-electron chi connectivity index (χ1n) is 7.30. The molecule has 0 spiro atoms. The number of aromatic nitrogens is 2. The van der Waals surface area contributed by atoms with Gasteiger partial charge in [-0.15, -0.1) is 0 Å². The molecule has 1 aromatic carbocycles. The molecule has 3 rings (SSSR count). The van der Waals surface area contributed by atoms with E-state index in [1.807, 2.05) is 28.8 Å². The Bertz CT molecular complexity index is 803. The summed E-state index contributed by atoms with van der Waals surface area (Å²) in [7, 11) is 0. The van der Waals surface area contributed by atoms with Crippen LogP contribution in [-0.2, 0) is 16.1 Å². The molecular formula is C16H18N4O3. The van der Waals surface area contributed by atoms with Gasteiger partial charge in [-0.25, -0.2) is 9.78 Å². The topological polar surface area (TPSA) is 85.6 Å². The minimum absolute atomic E-state index is 0.169. The lowest BCUT2D eigenvalue weighted by atomic mass is 10.1. The fourth-order valence-electron chi connectivity index (χ4n) is 2.46. The third kappa shape index (κ3) is 2.94. The van der Waals surface area contributed by atoms with E-state index in [0.717, 1.165) is 11.0 Å². The van der Waals surface area contributed by atoms with Crippen LogP contribution < -0.4 is 5.32 Å². The van der Waals surface area contributed by atoms with Crippen LogP contribution >= 0.6 is 0 Å². The summed E-state index contributed by atoms with van der Waals surface area (Å²) in [6, 6.07) is 7.59. The second-order valence-electron chi connectivity index (χ2n) is 6.47. The van der Waals surface area contributed by atoms with Gasteiger partial charge in [0.1, 0.15) is 5.60 Å². The summed E-state index contributed by atoms with van der Waals surface area (Å²) in [5.41, 5.74) is -0.350. The molecule has 1 N–H and O–H groups in total. The standard InChI is InChI=1S/C16H18N4O3/c1-15(2,3)23-14(22)19-16(10-21)9-20-12-7-5-4-6-11(12)18-13(20)8-17-16/h4-8,10H,9H2,1-3H3,(H,19,22). The van der Waals surface area contributed by atoms with Gasteiger partial charge in [-0.3, -0.25) is 15.1 Å². The number of carbonyl (C=O) groups excluding carboxylic acids is 2. The second-order valence-corrected chi connectivity index (χ2v) is 6.47. The monoisotopic (exact) mass is 314 g/mol. The average molecular weight is 314 g/mol. The van der Waals surface area contributed by atoms with Gasteiger partial charge in [-0.2, -0.15) is 0 Å². The number of imidazole rings is 1. The maximum Gasteiger partial charge on any atom is 0.409 e. The molecule has 0 radical (unpaired) electrons. The van der Waals surface area contributed by atoms with Crippen LogP contribution in [0.2, 0.25) is 0 Å². The highest BCUT2D eigenvalue weighted by Gasteiger charge is 2.36. The van der Waals surface area contributed by atoms with Gasteiger partial charge in [0, 0.05) is 0 Å². The highest BCUT2D eigenvalue weighted by Crippen LogP contribution is 2.22. The Kier molecular flexibility index (Phi) is 3.43. The van der Waals surface area contributed by atoms with E-state index in [-0.39, 0.29) is 6.54 Å². The lowest BCUT2D eigenvalue weighted by Crippen LogP contribution is -2.54. The lowest BCUT2D eigenvalue weighted by molar-refractivity contribution is -0.113. The van der Waals surface area contributed by atoms with E-state index >= 15 is 0 Å². The Balaban J connectivity index is 1.91. The molecule has 7 heteroatoms. The maximum absolute atomic E-state index is 12.0. The molecule has 0 aliphatic carbocycles. The second kappa shape index (κ2) is 5.19. The molecule has 0 saturated heterocycles. The Morgan fingerprint density at radius 1 is 1.39 bits per heavy atom. The van der Waals surface area contributed by atoms with Crippen molar-refractivity contribution in [2.24, 2.45) is 4.99 Å². The van der Waals surface area contributed by atoms with Crippen LogP contribution in [0, 0.1) is 0 Å². The summed E-state index contributed by atoms with van der Waals surface area (Å²) in [5.74, 6) is 0.648. The van der Waals surface area contributed by atoms with Gasteiger partial charge in [-0.05, 0) is 32.9 Å². The summed E-state index contributed by atoms with van der Waals surface area (Å²) >= 11 is 0. The number of benzene rings is 1. The smallest absolute Gasteiger partial charge is 0.409 e. The van der Waals surface area contributed by atoms with Crippen LogP contribution in [-0.4, -0.2) is 39.4 Å². The summed E-state index contributed by atoms with van der Waals surface area (Å²) < 4.78 is 7.07. The predicted octanol–water partition coefficient (Wildman–Crippen LogP) is 1.89. The zero-order valence-corrected chi connectivity index (χ0v) is 13.2. The van der Waals surface area contributed by atoms with Gasteiger partial charge >= 0.3 is 6.09 Å². The van der Waals surface area contributed by atoms with Crippen molar-refractivity contribution in [2.45, 2.75) is 38.6 Å². The quantitative estimate of drug-likeness (QED) is 0.858. The maximum atomic E-state index is 12.0. The SMILES string of the molecule is CC(C)(C)OC(=O)NC1(C=O)Cn2c(nc3ccccc32)C=N1. The molecule has 1 aliphatic rings. The number of para-hydroxylation sites is 2. The first-order valence-corrected chi connectivity index (χ1v) is 7.30. The number of aliphatic imine (C=N–C) groups is 1. The van der Waals surface area contributed by atoms with Crippen LogP contribution in [0.15, 0.2) is 29.3 Å². The molecule has 120 valence electrons. The van der Waals surface area contributed by atoms with E-state index in [1.165, 1.54) is 6.21 Å². The van der Waals surface area contributed by atoms with Gasteiger partial charge < -0.3 is 9.30 Å². The van der Waals surface area contributed by atoms with Crippen molar-refractivity contribution < 1.29 is 14.3 Å². The number of nitrogens with zero attached hydrogens (tertiary/aromatic N) is 3. The number of fused-ring (bicyclic) bond motifs is 3. The minimum atomic E-state index is -1.39. The number of hydrogen-bond acceptors (Lipinski definition) is 5. The number of amides is 1. The van der Waals surface area contributed by atoms with E-state index in [2.05, 4.69) is 15.3 Å². The lowest BCUT2D eigenvalue weighted by Gasteiger charge is -2.30. The zero-order valence-electron chi connectivity index (χ0n) is 13.2. The summed E-state index contributed by atoms with van der Waals surface area (Å²) in [6.45, 7) is 5.44. The molecular weight excluding hydrogens is 296 g/mol. The van der Waals surface area contributed by atoms with Crippen LogP contribution in [0.25, 0.3) is 11.0 Å². The Hall–Kier alpha value is -2.70. The van der Waals surface area contributed by atoms with E-state index in [9.17, 15) is 9.59 Å². The largest absolute Gasteiger partial charge is 0.444 e. The van der Waals surface area contributed by atoms with Gasteiger partial charge in [0.15, 0.2) is 12.1 Å². The number of hydrogen-bond donors (Lipinski definition) is 1. The number of aldehydes is 1. The first kappa shape index (κ1) is 15.2.